The van der Waals surface area contributed by atoms with Crippen LogP contribution in [-0.2, 0) is 0 Å². The van der Waals surface area contributed by atoms with Crippen LogP contribution < -0.4 is 4.74 Å². The number of hydrogen-bond donors (Lipinski definition) is 1. The number of fused-ring (bicyclic) bond motifs is 1. The summed E-state index contributed by atoms with van der Waals surface area (Å²) in [6, 6.07) is 7.51. The van der Waals surface area contributed by atoms with Gasteiger partial charge < -0.3 is 9.84 Å². The maximum atomic E-state index is 11.6. The lowest BCUT2D eigenvalue weighted by Crippen LogP contribution is -2.11. The summed E-state index contributed by atoms with van der Waals surface area (Å²) in [5.74, 6) is -0.252. The van der Waals surface area contributed by atoms with Crippen molar-refractivity contribution in [3.63, 3.8) is 0 Å². The van der Waals surface area contributed by atoms with Gasteiger partial charge in [-0.25, -0.2) is 9.78 Å². The molecule has 0 spiro atoms. The molecule has 4 nitrogen and oxygen atoms in total. The van der Waals surface area contributed by atoms with Gasteiger partial charge in [0.05, 0.1) is 12.6 Å². The molecule has 0 aliphatic rings. The summed E-state index contributed by atoms with van der Waals surface area (Å²) in [7, 11) is 1.59. The second-order valence-corrected chi connectivity index (χ2v) is 5.63. The van der Waals surface area contributed by atoms with E-state index in [0.717, 1.165) is 31.1 Å². The Kier molecular flexibility index (Phi) is 5.36. The molecule has 1 heterocycles. The molecule has 1 atom stereocenters. The molecule has 0 saturated heterocycles. The molecule has 1 N–H and O–H groups in total. The molecule has 2 rings (SSSR count). The molecule has 0 amide bonds. The number of rotatable bonds is 7. The Labute approximate surface area is 131 Å². The Hall–Kier alpha value is -2.10. The first-order chi connectivity index (χ1) is 10.6. The molecule has 118 valence electrons. The number of benzene rings is 1. The minimum Gasteiger partial charge on any atom is -0.496 e. The molecule has 4 heteroatoms. The zero-order valence-electron chi connectivity index (χ0n) is 13.4. The summed E-state index contributed by atoms with van der Waals surface area (Å²) < 4.78 is 5.57. The molecule has 0 radical (unpaired) electrons. The van der Waals surface area contributed by atoms with E-state index in [4.69, 9.17) is 4.74 Å². The van der Waals surface area contributed by atoms with E-state index in [1.807, 2.05) is 24.3 Å². The van der Waals surface area contributed by atoms with Crippen LogP contribution in [0.1, 0.15) is 61.5 Å². The number of carboxylic acids is 1. The normalized spacial score (nSPS) is 12.3. The number of ether oxygens (including phenoxy) is 1. The van der Waals surface area contributed by atoms with Gasteiger partial charge in [0.2, 0.25) is 0 Å². The Balaban J connectivity index is 2.57. The quantitative estimate of drug-likeness (QED) is 0.758. The van der Waals surface area contributed by atoms with Crippen LogP contribution in [-0.4, -0.2) is 23.2 Å². The molecular formula is C18H23NO3. The minimum absolute atomic E-state index is 0.102. The van der Waals surface area contributed by atoms with Gasteiger partial charge >= 0.3 is 5.97 Å². The monoisotopic (exact) mass is 301 g/mol. The lowest BCUT2D eigenvalue weighted by molar-refractivity contribution is 0.0688. The highest BCUT2D eigenvalue weighted by atomic mass is 16.5. The molecule has 1 aromatic carbocycles. The highest BCUT2D eigenvalue weighted by Crippen LogP contribution is 2.37. The van der Waals surface area contributed by atoms with Crippen molar-refractivity contribution in [1.82, 2.24) is 4.98 Å². The summed E-state index contributed by atoms with van der Waals surface area (Å²) in [4.78, 5) is 16.0. The number of aromatic carboxylic acids is 1. The standard InChI is InChI=1S/C18H23NO3/c1-4-5-6-9-12(2)15-16(18(20)21)19-14-11-8-7-10-13(14)17(15)22-3/h7-8,10-12H,4-6,9H2,1-3H3,(H,20,21). The third-order valence-corrected chi connectivity index (χ3v) is 4.02. The fraction of sp³-hybridized carbons (Fsp3) is 0.444. The van der Waals surface area contributed by atoms with Crippen LogP contribution in [0.25, 0.3) is 10.9 Å². The van der Waals surface area contributed by atoms with E-state index in [-0.39, 0.29) is 11.6 Å². The number of carbonyl (C=O) groups is 1. The van der Waals surface area contributed by atoms with Crippen molar-refractivity contribution in [2.75, 3.05) is 7.11 Å². The van der Waals surface area contributed by atoms with Crippen LogP contribution >= 0.6 is 0 Å². The molecule has 0 bridgehead atoms. The van der Waals surface area contributed by atoms with E-state index in [1.165, 1.54) is 0 Å². The van der Waals surface area contributed by atoms with E-state index >= 15 is 0 Å². The number of pyridine rings is 1. The van der Waals surface area contributed by atoms with Crippen molar-refractivity contribution < 1.29 is 14.6 Å². The first-order valence-electron chi connectivity index (χ1n) is 7.80. The van der Waals surface area contributed by atoms with Crippen molar-refractivity contribution in [2.45, 2.75) is 45.4 Å². The summed E-state index contributed by atoms with van der Waals surface area (Å²) in [6.45, 7) is 4.21. The fourth-order valence-corrected chi connectivity index (χ4v) is 2.88. The second kappa shape index (κ2) is 7.25. The summed E-state index contributed by atoms with van der Waals surface area (Å²) >= 11 is 0. The first-order valence-corrected chi connectivity index (χ1v) is 7.80. The van der Waals surface area contributed by atoms with Crippen LogP contribution in [0.3, 0.4) is 0 Å². The average Bonchev–Trinajstić information content (AvgIpc) is 2.52. The van der Waals surface area contributed by atoms with Crippen LogP contribution in [0.2, 0.25) is 0 Å². The topological polar surface area (TPSA) is 59.4 Å². The van der Waals surface area contributed by atoms with Crippen molar-refractivity contribution in [2.24, 2.45) is 0 Å². The van der Waals surface area contributed by atoms with Crippen molar-refractivity contribution in [3.05, 3.63) is 35.5 Å². The van der Waals surface area contributed by atoms with Gasteiger partial charge in [-0.15, -0.1) is 0 Å². The summed E-state index contributed by atoms with van der Waals surface area (Å²) in [5.41, 5.74) is 1.48. The van der Waals surface area contributed by atoms with Crippen molar-refractivity contribution >= 4 is 16.9 Å². The maximum absolute atomic E-state index is 11.6. The van der Waals surface area contributed by atoms with Crippen molar-refractivity contribution in [3.8, 4) is 5.75 Å². The summed E-state index contributed by atoms with van der Waals surface area (Å²) in [5, 5.41) is 10.4. The number of aromatic nitrogens is 1. The second-order valence-electron chi connectivity index (χ2n) is 5.63. The van der Waals surface area contributed by atoms with Crippen LogP contribution in [0.15, 0.2) is 24.3 Å². The highest BCUT2D eigenvalue weighted by Gasteiger charge is 2.24. The van der Waals surface area contributed by atoms with Crippen LogP contribution in [0.5, 0.6) is 5.75 Å². The predicted octanol–water partition coefficient (Wildman–Crippen LogP) is 4.63. The number of hydrogen-bond acceptors (Lipinski definition) is 3. The fourth-order valence-electron chi connectivity index (χ4n) is 2.88. The smallest absolute Gasteiger partial charge is 0.354 e. The summed E-state index contributed by atoms with van der Waals surface area (Å²) in [6.07, 6.45) is 4.30. The number of para-hydroxylation sites is 1. The molecule has 0 aliphatic carbocycles. The van der Waals surface area contributed by atoms with E-state index in [0.29, 0.717) is 16.8 Å². The lowest BCUT2D eigenvalue weighted by Gasteiger charge is -2.19. The third kappa shape index (κ3) is 3.21. The number of carboxylic acid groups (broad SMARTS) is 1. The molecule has 0 saturated carbocycles. The van der Waals surface area contributed by atoms with Gasteiger partial charge in [-0.05, 0) is 24.5 Å². The number of nitrogens with zero attached hydrogens (tertiary/aromatic N) is 1. The Morgan fingerprint density at radius 1 is 1.32 bits per heavy atom. The Bertz CT molecular complexity index is 667. The van der Waals surface area contributed by atoms with E-state index < -0.39 is 5.97 Å². The van der Waals surface area contributed by atoms with Crippen LogP contribution in [0.4, 0.5) is 0 Å². The van der Waals surface area contributed by atoms with Crippen LogP contribution in [0, 0.1) is 0 Å². The predicted molar refractivity (Wildman–Crippen MR) is 87.8 cm³/mol. The molecule has 2 aromatic rings. The number of methoxy groups -OCH3 is 1. The number of unbranched alkanes of at least 4 members (excludes halogenated alkanes) is 2. The SMILES string of the molecule is CCCCCC(C)c1c(C(=O)O)nc2ccccc2c1OC. The maximum Gasteiger partial charge on any atom is 0.354 e. The molecule has 1 unspecified atom stereocenters. The van der Waals surface area contributed by atoms with Gasteiger partial charge in [0.25, 0.3) is 0 Å². The van der Waals surface area contributed by atoms with Gasteiger partial charge in [-0.1, -0.05) is 45.2 Å². The van der Waals surface area contributed by atoms with Gasteiger partial charge in [0, 0.05) is 10.9 Å². The van der Waals surface area contributed by atoms with E-state index in [2.05, 4.69) is 18.8 Å². The Morgan fingerprint density at radius 2 is 2.05 bits per heavy atom. The van der Waals surface area contributed by atoms with Crippen molar-refractivity contribution in [1.29, 1.82) is 0 Å². The van der Waals surface area contributed by atoms with Gasteiger partial charge in [0.15, 0.2) is 5.69 Å². The molecule has 0 aliphatic heterocycles. The first kappa shape index (κ1) is 16.3. The highest BCUT2D eigenvalue weighted by molar-refractivity contribution is 5.95. The van der Waals surface area contributed by atoms with E-state index in [1.54, 1.807) is 7.11 Å². The van der Waals surface area contributed by atoms with Gasteiger partial charge in [-0.3, -0.25) is 0 Å². The van der Waals surface area contributed by atoms with Gasteiger partial charge in [-0.2, -0.15) is 0 Å². The van der Waals surface area contributed by atoms with E-state index in [9.17, 15) is 9.90 Å². The lowest BCUT2D eigenvalue weighted by atomic mass is 9.91. The molecular weight excluding hydrogens is 278 g/mol. The molecule has 1 aromatic heterocycles. The largest absolute Gasteiger partial charge is 0.496 e. The molecule has 22 heavy (non-hydrogen) atoms. The minimum atomic E-state index is -0.999. The Morgan fingerprint density at radius 3 is 2.68 bits per heavy atom. The molecule has 0 fully saturated rings. The average molecular weight is 301 g/mol. The zero-order chi connectivity index (χ0) is 16.1. The van der Waals surface area contributed by atoms with Gasteiger partial charge in [0.1, 0.15) is 5.75 Å². The third-order valence-electron chi connectivity index (χ3n) is 4.02. The zero-order valence-corrected chi connectivity index (χ0v) is 13.4.